The summed E-state index contributed by atoms with van der Waals surface area (Å²) in [5, 5.41) is 8.72. The Morgan fingerprint density at radius 1 is 1.58 bits per heavy atom. The molecule has 0 fully saturated rings. The molecular formula is C7H8N2O3. The molecule has 1 rings (SSSR count). The van der Waals surface area contributed by atoms with E-state index >= 15 is 0 Å². The van der Waals surface area contributed by atoms with Crippen molar-refractivity contribution in [1.29, 1.82) is 0 Å². The maximum atomic E-state index is 10.6. The Bertz CT molecular complexity index is 312. The van der Waals surface area contributed by atoms with Crippen molar-refractivity contribution < 1.29 is 14.6 Å². The number of hydrogen-bond donors (Lipinski definition) is 1. The quantitative estimate of drug-likeness (QED) is 0.695. The average Bonchev–Trinajstić information content (AvgIpc) is 2.03. The summed E-state index contributed by atoms with van der Waals surface area (Å²) < 4.78 is 4.76. The van der Waals surface area contributed by atoms with Crippen LogP contribution in [0.15, 0.2) is 6.33 Å². The summed E-state index contributed by atoms with van der Waals surface area (Å²) in [5.41, 5.74) is 0.411. The van der Waals surface area contributed by atoms with Gasteiger partial charge in [0, 0.05) is 0 Å². The molecule has 1 aromatic heterocycles. The molecule has 0 aliphatic heterocycles. The van der Waals surface area contributed by atoms with Gasteiger partial charge in [0.2, 0.25) is 5.88 Å². The van der Waals surface area contributed by atoms with E-state index in [2.05, 4.69) is 9.97 Å². The topological polar surface area (TPSA) is 72.3 Å². The maximum Gasteiger partial charge on any atom is 0.343 e. The fourth-order valence-corrected chi connectivity index (χ4v) is 0.853. The number of ether oxygens (including phenoxy) is 1. The molecule has 0 saturated heterocycles. The van der Waals surface area contributed by atoms with E-state index in [4.69, 9.17) is 9.84 Å². The van der Waals surface area contributed by atoms with E-state index in [0.29, 0.717) is 5.69 Å². The molecule has 0 atom stereocenters. The Morgan fingerprint density at radius 3 is 2.67 bits per heavy atom. The molecule has 5 heteroatoms. The van der Waals surface area contributed by atoms with Crippen LogP contribution >= 0.6 is 0 Å². The number of aromatic carboxylic acids is 1. The van der Waals surface area contributed by atoms with Gasteiger partial charge in [-0.2, -0.15) is 0 Å². The number of carboxylic acids is 1. The van der Waals surface area contributed by atoms with Crippen molar-refractivity contribution in [1.82, 2.24) is 9.97 Å². The molecule has 12 heavy (non-hydrogen) atoms. The first-order valence-corrected chi connectivity index (χ1v) is 3.25. The number of nitrogens with zero attached hydrogens (tertiary/aromatic N) is 2. The van der Waals surface area contributed by atoms with Crippen molar-refractivity contribution in [3.05, 3.63) is 17.6 Å². The number of methoxy groups -OCH3 is 1. The molecule has 0 unspecified atom stereocenters. The molecule has 1 N–H and O–H groups in total. The molecule has 64 valence electrons. The van der Waals surface area contributed by atoms with Gasteiger partial charge in [-0.1, -0.05) is 0 Å². The van der Waals surface area contributed by atoms with Crippen molar-refractivity contribution in [3.63, 3.8) is 0 Å². The lowest BCUT2D eigenvalue weighted by Crippen LogP contribution is -2.06. The van der Waals surface area contributed by atoms with Crippen LogP contribution in [0.4, 0.5) is 0 Å². The highest BCUT2D eigenvalue weighted by atomic mass is 16.5. The third-order valence-electron chi connectivity index (χ3n) is 1.41. The standard InChI is InChI=1S/C7H8N2O3/c1-4-5(7(10)11)6(12-2)9-3-8-4/h3H,1-2H3,(H,10,11). The first-order valence-electron chi connectivity index (χ1n) is 3.25. The maximum absolute atomic E-state index is 10.6. The predicted molar refractivity (Wildman–Crippen MR) is 40.3 cm³/mol. The van der Waals surface area contributed by atoms with E-state index in [1.165, 1.54) is 13.4 Å². The van der Waals surface area contributed by atoms with E-state index in [-0.39, 0.29) is 11.4 Å². The molecule has 0 saturated carbocycles. The average molecular weight is 168 g/mol. The normalized spacial score (nSPS) is 9.50. The van der Waals surface area contributed by atoms with Gasteiger partial charge in [0.1, 0.15) is 11.9 Å². The van der Waals surface area contributed by atoms with Gasteiger partial charge in [-0.3, -0.25) is 0 Å². The highest BCUT2D eigenvalue weighted by Gasteiger charge is 2.15. The SMILES string of the molecule is COc1ncnc(C)c1C(=O)O. The lowest BCUT2D eigenvalue weighted by molar-refractivity contribution is 0.0691. The van der Waals surface area contributed by atoms with Gasteiger partial charge in [-0.15, -0.1) is 0 Å². The minimum absolute atomic E-state index is 0.0139. The Morgan fingerprint density at radius 2 is 2.25 bits per heavy atom. The van der Waals surface area contributed by atoms with Crippen molar-refractivity contribution in [2.45, 2.75) is 6.92 Å². The lowest BCUT2D eigenvalue weighted by atomic mass is 10.2. The van der Waals surface area contributed by atoms with Crippen LogP contribution in [0.5, 0.6) is 5.88 Å². The first-order chi connectivity index (χ1) is 5.66. The van der Waals surface area contributed by atoms with E-state index in [0.717, 1.165) is 0 Å². The Hall–Kier alpha value is -1.65. The van der Waals surface area contributed by atoms with Gasteiger partial charge in [0.25, 0.3) is 0 Å². The monoisotopic (exact) mass is 168 g/mol. The Labute approximate surface area is 69.0 Å². The van der Waals surface area contributed by atoms with Crippen LogP contribution in [0.1, 0.15) is 16.1 Å². The van der Waals surface area contributed by atoms with Gasteiger partial charge in [-0.05, 0) is 6.92 Å². The summed E-state index contributed by atoms with van der Waals surface area (Å²) in [6.07, 6.45) is 1.26. The molecule has 0 radical (unpaired) electrons. The molecule has 5 nitrogen and oxygen atoms in total. The van der Waals surface area contributed by atoms with Gasteiger partial charge in [-0.25, -0.2) is 14.8 Å². The summed E-state index contributed by atoms with van der Waals surface area (Å²) in [5.74, 6) is -0.986. The fourth-order valence-electron chi connectivity index (χ4n) is 0.853. The van der Waals surface area contributed by atoms with Crippen LogP contribution in [0, 0.1) is 6.92 Å². The fraction of sp³-hybridized carbons (Fsp3) is 0.286. The number of rotatable bonds is 2. The van der Waals surface area contributed by atoms with Crippen molar-refractivity contribution in [2.75, 3.05) is 7.11 Å². The number of carbonyl (C=O) groups is 1. The highest BCUT2D eigenvalue weighted by molar-refractivity contribution is 5.91. The van der Waals surface area contributed by atoms with E-state index in [9.17, 15) is 4.79 Å². The number of carboxylic acid groups (broad SMARTS) is 1. The van der Waals surface area contributed by atoms with Crippen molar-refractivity contribution >= 4 is 5.97 Å². The molecule has 0 bridgehead atoms. The summed E-state index contributed by atoms with van der Waals surface area (Å²) in [6, 6.07) is 0. The van der Waals surface area contributed by atoms with Crippen LogP contribution in [-0.2, 0) is 0 Å². The third kappa shape index (κ3) is 1.34. The molecule has 0 aliphatic rings. The summed E-state index contributed by atoms with van der Waals surface area (Å²) in [6.45, 7) is 1.59. The zero-order valence-corrected chi connectivity index (χ0v) is 6.74. The Balaban J connectivity index is 3.29. The van der Waals surface area contributed by atoms with Gasteiger partial charge in [0.05, 0.1) is 12.8 Å². The lowest BCUT2D eigenvalue weighted by Gasteiger charge is -2.03. The second kappa shape index (κ2) is 3.17. The highest BCUT2D eigenvalue weighted by Crippen LogP contribution is 2.15. The minimum atomic E-state index is -1.08. The number of hydrogen-bond acceptors (Lipinski definition) is 4. The number of aryl methyl sites for hydroxylation is 1. The molecule has 1 heterocycles. The molecule has 0 aromatic carbocycles. The van der Waals surface area contributed by atoms with Crippen molar-refractivity contribution in [2.24, 2.45) is 0 Å². The van der Waals surface area contributed by atoms with E-state index < -0.39 is 5.97 Å². The zero-order valence-electron chi connectivity index (χ0n) is 6.74. The largest absolute Gasteiger partial charge is 0.480 e. The third-order valence-corrected chi connectivity index (χ3v) is 1.41. The second-order valence-corrected chi connectivity index (χ2v) is 2.15. The van der Waals surface area contributed by atoms with Crippen LogP contribution in [0.25, 0.3) is 0 Å². The molecule has 1 aromatic rings. The molecule has 0 aliphatic carbocycles. The van der Waals surface area contributed by atoms with E-state index in [1.807, 2.05) is 0 Å². The first kappa shape index (κ1) is 8.45. The van der Waals surface area contributed by atoms with Gasteiger partial charge >= 0.3 is 5.97 Å². The minimum Gasteiger partial charge on any atom is -0.480 e. The number of aromatic nitrogens is 2. The summed E-state index contributed by atoms with van der Waals surface area (Å²) in [7, 11) is 1.37. The summed E-state index contributed by atoms with van der Waals surface area (Å²) >= 11 is 0. The zero-order chi connectivity index (χ0) is 9.14. The van der Waals surface area contributed by atoms with Crippen LogP contribution in [0.2, 0.25) is 0 Å². The predicted octanol–water partition coefficient (Wildman–Crippen LogP) is 0.492. The van der Waals surface area contributed by atoms with Crippen molar-refractivity contribution in [3.8, 4) is 5.88 Å². The smallest absolute Gasteiger partial charge is 0.343 e. The van der Waals surface area contributed by atoms with Crippen LogP contribution in [0.3, 0.4) is 0 Å². The summed E-state index contributed by atoms with van der Waals surface area (Å²) in [4.78, 5) is 18.0. The second-order valence-electron chi connectivity index (χ2n) is 2.15. The molecular weight excluding hydrogens is 160 g/mol. The molecule has 0 spiro atoms. The van der Waals surface area contributed by atoms with Crippen LogP contribution in [-0.4, -0.2) is 28.2 Å². The van der Waals surface area contributed by atoms with Gasteiger partial charge in [0.15, 0.2) is 0 Å². The Kier molecular flexibility index (Phi) is 2.23. The van der Waals surface area contributed by atoms with E-state index in [1.54, 1.807) is 6.92 Å². The van der Waals surface area contributed by atoms with Crippen LogP contribution < -0.4 is 4.74 Å². The molecule has 0 amide bonds. The van der Waals surface area contributed by atoms with Gasteiger partial charge < -0.3 is 9.84 Å².